The molecule has 3 aromatic rings. The van der Waals surface area contributed by atoms with E-state index in [9.17, 15) is 0 Å². The van der Waals surface area contributed by atoms with Crippen LogP contribution in [0.1, 0.15) is 5.82 Å². The third kappa shape index (κ3) is 5.16. The first-order valence-electron chi connectivity index (χ1n) is 9.80. The van der Waals surface area contributed by atoms with Crippen LogP contribution in [-0.2, 0) is 0 Å². The van der Waals surface area contributed by atoms with Crippen LogP contribution in [0.2, 0.25) is 0 Å². The molecule has 0 saturated carbocycles. The van der Waals surface area contributed by atoms with E-state index in [2.05, 4.69) is 40.0 Å². The summed E-state index contributed by atoms with van der Waals surface area (Å²) in [5.74, 6) is 3.08. The summed E-state index contributed by atoms with van der Waals surface area (Å²) in [7, 11) is 0. The second-order valence-electron chi connectivity index (χ2n) is 6.88. The molecule has 4 rings (SSSR count). The van der Waals surface area contributed by atoms with E-state index < -0.39 is 0 Å². The molecule has 156 valence electrons. The number of ether oxygens (including phenoxy) is 1. The van der Waals surface area contributed by atoms with Gasteiger partial charge in [-0.1, -0.05) is 0 Å². The van der Waals surface area contributed by atoms with E-state index in [4.69, 9.17) is 9.84 Å². The summed E-state index contributed by atoms with van der Waals surface area (Å²) in [5, 5.41) is 12.3. The number of aliphatic hydroxyl groups is 1. The number of nitrogens with zero attached hydrogens (tertiary/aromatic N) is 7. The van der Waals surface area contributed by atoms with Gasteiger partial charge >= 0.3 is 0 Å². The average molecular weight is 408 g/mol. The van der Waals surface area contributed by atoms with Crippen LogP contribution >= 0.6 is 0 Å². The summed E-state index contributed by atoms with van der Waals surface area (Å²) < 4.78 is 5.71. The fourth-order valence-corrected chi connectivity index (χ4v) is 3.19. The van der Waals surface area contributed by atoms with Crippen LogP contribution in [0.15, 0.2) is 43.0 Å². The topological polar surface area (TPSA) is 112 Å². The molecule has 1 aliphatic heterocycles. The largest absolute Gasteiger partial charge is 0.454 e. The standard InChI is InChI=1S/C20H24N8O2/c1-15-23-19(26-20(24-15)28-8-6-27(7-9-28)10-11-29)25-16-2-4-17(5-3-16)30-18-12-21-14-22-13-18/h2-5,12-14,29H,6-11H2,1H3,(H,23,24,25,26). The molecule has 0 amide bonds. The van der Waals surface area contributed by atoms with Crippen molar-refractivity contribution < 1.29 is 9.84 Å². The third-order valence-corrected chi connectivity index (χ3v) is 4.69. The summed E-state index contributed by atoms with van der Waals surface area (Å²) in [4.78, 5) is 25.7. The number of aromatic nitrogens is 5. The minimum atomic E-state index is 0.182. The Kier molecular flexibility index (Phi) is 6.26. The van der Waals surface area contributed by atoms with E-state index in [1.165, 1.54) is 6.33 Å². The molecule has 0 radical (unpaired) electrons. The first-order chi connectivity index (χ1) is 14.7. The van der Waals surface area contributed by atoms with Gasteiger partial charge in [0.25, 0.3) is 0 Å². The molecule has 0 aliphatic carbocycles. The van der Waals surface area contributed by atoms with E-state index in [0.29, 0.717) is 35.8 Å². The van der Waals surface area contributed by atoms with Gasteiger partial charge in [0.15, 0.2) is 5.75 Å². The van der Waals surface area contributed by atoms with Crippen LogP contribution in [0.4, 0.5) is 17.6 Å². The van der Waals surface area contributed by atoms with E-state index in [-0.39, 0.29) is 6.61 Å². The second kappa shape index (κ2) is 9.42. The number of hydrogen-bond donors (Lipinski definition) is 2. The first kappa shape index (κ1) is 19.9. The quantitative estimate of drug-likeness (QED) is 0.598. The molecule has 0 spiro atoms. The maximum atomic E-state index is 9.10. The van der Waals surface area contributed by atoms with E-state index >= 15 is 0 Å². The van der Waals surface area contributed by atoms with Crippen LogP contribution < -0.4 is 15.0 Å². The number of piperazine rings is 1. The van der Waals surface area contributed by atoms with Crippen LogP contribution in [0.3, 0.4) is 0 Å². The highest BCUT2D eigenvalue weighted by Crippen LogP contribution is 2.23. The Morgan fingerprint density at radius 2 is 1.70 bits per heavy atom. The number of aliphatic hydroxyl groups excluding tert-OH is 1. The zero-order valence-corrected chi connectivity index (χ0v) is 16.8. The Balaban J connectivity index is 1.41. The molecule has 2 aromatic heterocycles. The van der Waals surface area contributed by atoms with Gasteiger partial charge in [-0.05, 0) is 31.2 Å². The van der Waals surface area contributed by atoms with Crippen LogP contribution in [0.5, 0.6) is 11.5 Å². The van der Waals surface area contributed by atoms with Gasteiger partial charge in [-0.15, -0.1) is 0 Å². The zero-order chi connectivity index (χ0) is 20.8. The van der Waals surface area contributed by atoms with Crippen LogP contribution in [0, 0.1) is 6.92 Å². The molecule has 30 heavy (non-hydrogen) atoms. The summed E-state index contributed by atoms with van der Waals surface area (Å²) >= 11 is 0. The van der Waals surface area contributed by atoms with Crippen molar-refractivity contribution in [3.8, 4) is 11.5 Å². The Morgan fingerprint density at radius 1 is 0.967 bits per heavy atom. The molecule has 1 saturated heterocycles. The summed E-state index contributed by atoms with van der Waals surface area (Å²) in [6.45, 7) is 6.13. The smallest absolute Gasteiger partial charge is 0.232 e. The number of nitrogens with one attached hydrogen (secondary N) is 1. The monoisotopic (exact) mass is 408 g/mol. The molecular weight excluding hydrogens is 384 g/mol. The number of rotatable bonds is 7. The summed E-state index contributed by atoms with van der Waals surface area (Å²) in [6.07, 6.45) is 4.68. The second-order valence-corrected chi connectivity index (χ2v) is 6.88. The van der Waals surface area contributed by atoms with Gasteiger partial charge in [-0.3, -0.25) is 4.90 Å². The van der Waals surface area contributed by atoms with E-state index in [0.717, 1.165) is 31.9 Å². The van der Waals surface area contributed by atoms with Crippen molar-refractivity contribution in [3.05, 3.63) is 48.8 Å². The fourth-order valence-electron chi connectivity index (χ4n) is 3.19. The van der Waals surface area contributed by atoms with Crippen molar-refractivity contribution in [2.75, 3.05) is 49.5 Å². The lowest BCUT2D eigenvalue weighted by molar-refractivity contribution is 0.188. The van der Waals surface area contributed by atoms with Gasteiger partial charge in [0.05, 0.1) is 19.0 Å². The van der Waals surface area contributed by atoms with Crippen LogP contribution in [-0.4, -0.2) is 74.3 Å². The lowest BCUT2D eigenvalue weighted by Crippen LogP contribution is -2.47. The SMILES string of the molecule is Cc1nc(Nc2ccc(Oc3cncnc3)cc2)nc(N2CCN(CCO)CC2)n1. The Morgan fingerprint density at radius 3 is 2.40 bits per heavy atom. The maximum absolute atomic E-state index is 9.10. The molecule has 10 nitrogen and oxygen atoms in total. The van der Waals surface area contributed by atoms with Crippen molar-refractivity contribution in [1.29, 1.82) is 0 Å². The molecular formula is C20H24N8O2. The average Bonchev–Trinajstić information content (AvgIpc) is 2.76. The molecule has 10 heteroatoms. The number of hydrogen-bond acceptors (Lipinski definition) is 10. The van der Waals surface area contributed by atoms with E-state index in [1.807, 2.05) is 31.2 Å². The molecule has 3 heterocycles. The van der Waals surface area contributed by atoms with Gasteiger partial charge < -0.3 is 20.1 Å². The molecule has 1 fully saturated rings. The Bertz CT molecular complexity index is 947. The highest BCUT2D eigenvalue weighted by atomic mass is 16.5. The molecule has 0 atom stereocenters. The van der Waals surface area contributed by atoms with Crippen molar-refractivity contribution >= 4 is 17.6 Å². The predicted molar refractivity (Wildman–Crippen MR) is 112 cm³/mol. The van der Waals surface area contributed by atoms with Crippen LogP contribution in [0.25, 0.3) is 0 Å². The van der Waals surface area contributed by atoms with Crippen molar-refractivity contribution in [3.63, 3.8) is 0 Å². The minimum Gasteiger partial charge on any atom is -0.454 e. The number of aryl methyl sites for hydroxylation is 1. The van der Waals surface area contributed by atoms with Gasteiger partial charge in [0.2, 0.25) is 11.9 Å². The normalized spacial score (nSPS) is 14.5. The third-order valence-electron chi connectivity index (χ3n) is 4.69. The Labute approximate surface area is 174 Å². The molecule has 2 N–H and O–H groups in total. The minimum absolute atomic E-state index is 0.182. The maximum Gasteiger partial charge on any atom is 0.232 e. The number of anilines is 3. The van der Waals surface area contributed by atoms with Gasteiger partial charge in [0, 0.05) is 38.4 Å². The summed E-state index contributed by atoms with van der Waals surface area (Å²) in [5.41, 5.74) is 0.843. The van der Waals surface area contributed by atoms with E-state index in [1.54, 1.807) is 12.4 Å². The Hall–Kier alpha value is -3.37. The van der Waals surface area contributed by atoms with Crippen molar-refractivity contribution in [1.82, 2.24) is 29.8 Å². The number of β-amino-alcohol motifs (C(OH)–C–C–N with tert-alkyl or cyclic N) is 1. The van der Waals surface area contributed by atoms with Gasteiger partial charge in [-0.2, -0.15) is 15.0 Å². The van der Waals surface area contributed by atoms with Crippen molar-refractivity contribution in [2.45, 2.75) is 6.92 Å². The zero-order valence-electron chi connectivity index (χ0n) is 16.8. The van der Waals surface area contributed by atoms with Gasteiger partial charge in [-0.25, -0.2) is 9.97 Å². The fraction of sp³-hybridized carbons (Fsp3) is 0.350. The molecule has 1 aliphatic rings. The molecule has 0 unspecified atom stereocenters. The lowest BCUT2D eigenvalue weighted by Gasteiger charge is -2.34. The summed E-state index contributed by atoms with van der Waals surface area (Å²) in [6, 6.07) is 7.49. The predicted octanol–water partition coefficient (Wildman–Crippen LogP) is 1.62. The highest BCUT2D eigenvalue weighted by Gasteiger charge is 2.19. The molecule has 1 aromatic carbocycles. The highest BCUT2D eigenvalue weighted by molar-refractivity contribution is 5.55. The van der Waals surface area contributed by atoms with Gasteiger partial charge in [0.1, 0.15) is 17.9 Å². The lowest BCUT2D eigenvalue weighted by atomic mass is 10.3. The first-order valence-corrected chi connectivity index (χ1v) is 9.80. The molecule has 0 bridgehead atoms. The number of benzene rings is 1. The van der Waals surface area contributed by atoms with Crippen molar-refractivity contribution in [2.24, 2.45) is 0 Å².